The Balaban J connectivity index is 1.53. The number of ether oxygens (including phenoxy) is 1. The molecule has 0 unspecified atom stereocenters. The van der Waals surface area contributed by atoms with E-state index in [1.165, 1.54) is 0 Å². The molecule has 2 aromatic rings. The van der Waals surface area contributed by atoms with Crippen molar-refractivity contribution >= 4 is 11.6 Å². The van der Waals surface area contributed by atoms with E-state index in [-0.39, 0.29) is 11.9 Å². The summed E-state index contributed by atoms with van der Waals surface area (Å²) in [7, 11) is 0. The first-order valence-corrected chi connectivity index (χ1v) is 8.37. The second-order valence-corrected chi connectivity index (χ2v) is 6.25. The molecule has 1 saturated heterocycles. The Morgan fingerprint density at radius 2 is 2.17 bits per heavy atom. The van der Waals surface area contributed by atoms with E-state index in [1.807, 2.05) is 44.2 Å². The normalized spacial score (nSPS) is 17.8. The highest BCUT2D eigenvalue weighted by atomic mass is 16.5. The average Bonchev–Trinajstić information content (AvgIpc) is 3.15. The number of para-hydroxylation sites is 1. The van der Waals surface area contributed by atoms with E-state index in [9.17, 15) is 4.79 Å². The Labute approximate surface area is 142 Å². The Kier molecular flexibility index (Phi) is 5.15. The average molecular weight is 328 g/mol. The van der Waals surface area contributed by atoms with Gasteiger partial charge in [0.05, 0.1) is 23.6 Å². The minimum Gasteiger partial charge on any atom is -0.492 e. The summed E-state index contributed by atoms with van der Waals surface area (Å²) in [6, 6.07) is 10.1. The molecule has 2 heterocycles. The van der Waals surface area contributed by atoms with Crippen LogP contribution in [0.1, 0.15) is 24.2 Å². The molecule has 1 aromatic heterocycles. The number of anilines is 1. The van der Waals surface area contributed by atoms with E-state index < -0.39 is 0 Å². The van der Waals surface area contributed by atoms with Crippen LogP contribution < -0.4 is 10.1 Å². The molecule has 1 aliphatic heterocycles. The number of amides is 1. The summed E-state index contributed by atoms with van der Waals surface area (Å²) in [6.07, 6.45) is 2.16. The standard InChI is InChI=1S/C18H24N4O2/c1-13-18(14(2)21-20-13)19-17(23)11-22-10-6-7-15(22)12-24-16-8-4-3-5-9-16/h3-5,8-9,15H,6-7,10-12H2,1-2H3,(H,19,23)(H,20,21)/t15-/m1/s1. The monoisotopic (exact) mass is 328 g/mol. The van der Waals surface area contributed by atoms with Gasteiger partial charge in [-0.1, -0.05) is 18.2 Å². The summed E-state index contributed by atoms with van der Waals surface area (Å²) >= 11 is 0. The van der Waals surface area contributed by atoms with E-state index in [2.05, 4.69) is 20.4 Å². The molecular weight excluding hydrogens is 304 g/mol. The maximum absolute atomic E-state index is 12.4. The third kappa shape index (κ3) is 3.94. The van der Waals surface area contributed by atoms with Gasteiger partial charge in [-0.05, 0) is 45.4 Å². The van der Waals surface area contributed by atoms with Gasteiger partial charge in [-0.3, -0.25) is 14.8 Å². The largest absolute Gasteiger partial charge is 0.492 e. The first-order chi connectivity index (χ1) is 11.6. The van der Waals surface area contributed by atoms with Crippen molar-refractivity contribution in [3.63, 3.8) is 0 Å². The zero-order valence-corrected chi connectivity index (χ0v) is 14.2. The molecule has 1 aliphatic rings. The lowest BCUT2D eigenvalue weighted by Gasteiger charge is -2.24. The van der Waals surface area contributed by atoms with Crippen LogP contribution >= 0.6 is 0 Å². The lowest BCUT2D eigenvalue weighted by Crippen LogP contribution is -2.39. The van der Waals surface area contributed by atoms with Gasteiger partial charge in [0, 0.05) is 6.04 Å². The number of likely N-dealkylation sites (tertiary alicyclic amines) is 1. The lowest BCUT2D eigenvalue weighted by molar-refractivity contribution is -0.117. The maximum Gasteiger partial charge on any atom is 0.238 e. The van der Waals surface area contributed by atoms with Gasteiger partial charge < -0.3 is 10.1 Å². The predicted molar refractivity (Wildman–Crippen MR) is 93.2 cm³/mol. The topological polar surface area (TPSA) is 70.2 Å². The number of hydrogen-bond donors (Lipinski definition) is 2. The number of aryl methyl sites for hydroxylation is 2. The summed E-state index contributed by atoms with van der Waals surface area (Å²) < 4.78 is 5.86. The van der Waals surface area contributed by atoms with Crippen molar-refractivity contribution in [2.75, 3.05) is 25.0 Å². The third-order valence-corrected chi connectivity index (χ3v) is 4.42. The first-order valence-electron chi connectivity index (χ1n) is 8.37. The fourth-order valence-corrected chi connectivity index (χ4v) is 3.10. The second-order valence-electron chi connectivity index (χ2n) is 6.25. The van der Waals surface area contributed by atoms with Crippen LogP contribution in [0.2, 0.25) is 0 Å². The van der Waals surface area contributed by atoms with E-state index in [4.69, 9.17) is 4.74 Å². The Bertz CT molecular complexity index is 664. The first kappa shape index (κ1) is 16.5. The Morgan fingerprint density at radius 3 is 2.88 bits per heavy atom. The number of nitrogens with zero attached hydrogens (tertiary/aromatic N) is 2. The number of benzene rings is 1. The van der Waals surface area contributed by atoms with Gasteiger partial charge in [-0.2, -0.15) is 5.10 Å². The Morgan fingerprint density at radius 1 is 1.38 bits per heavy atom. The minimum atomic E-state index is -0.00536. The van der Waals surface area contributed by atoms with Gasteiger partial charge in [0.25, 0.3) is 0 Å². The van der Waals surface area contributed by atoms with Gasteiger partial charge >= 0.3 is 0 Å². The molecule has 6 heteroatoms. The van der Waals surface area contributed by atoms with Crippen molar-refractivity contribution in [1.29, 1.82) is 0 Å². The third-order valence-electron chi connectivity index (χ3n) is 4.42. The molecule has 128 valence electrons. The molecule has 1 atom stereocenters. The van der Waals surface area contributed by atoms with Gasteiger partial charge in [0.15, 0.2) is 0 Å². The number of nitrogens with one attached hydrogen (secondary N) is 2. The Hall–Kier alpha value is -2.34. The number of hydrogen-bond acceptors (Lipinski definition) is 4. The van der Waals surface area contributed by atoms with Crippen LogP contribution in [0.3, 0.4) is 0 Å². The van der Waals surface area contributed by atoms with Crippen LogP contribution in [-0.2, 0) is 4.79 Å². The van der Waals surface area contributed by atoms with E-state index in [0.29, 0.717) is 13.2 Å². The smallest absolute Gasteiger partial charge is 0.238 e. The molecule has 6 nitrogen and oxygen atoms in total. The highest BCUT2D eigenvalue weighted by molar-refractivity contribution is 5.93. The van der Waals surface area contributed by atoms with E-state index in [1.54, 1.807) is 0 Å². The van der Waals surface area contributed by atoms with Crippen molar-refractivity contribution in [3.8, 4) is 5.75 Å². The zero-order valence-electron chi connectivity index (χ0n) is 14.2. The molecule has 1 aromatic carbocycles. The number of H-pyrrole nitrogens is 1. The zero-order chi connectivity index (χ0) is 16.9. The van der Waals surface area contributed by atoms with Gasteiger partial charge in [0.1, 0.15) is 12.4 Å². The molecule has 1 fully saturated rings. The summed E-state index contributed by atoms with van der Waals surface area (Å²) in [5, 5.41) is 9.96. The molecule has 3 rings (SSSR count). The van der Waals surface area contributed by atoms with Crippen LogP contribution in [0.4, 0.5) is 5.69 Å². The van der Waals surface area contributed by atoms with Crippen molar-refractivity contribution in [3.05, 3.63) is 41.7 Å². The fourth-order valence-electron chi connectivity index (χ4n) is 3.10. The van der Waals surface area contributed by atoms with Crippen LogP contribution in [0.5, 0.6) is 5.75 Å². The number of aromatic amines is 1. The summed E-state index contributed by atoms with van der Waals surface area (Å²) in [4.78, 5) is 14.6. The van der Waals surface area contributed by atoms with Crippen molar-refractivity contribution < 1.29 is 9.53 Å². The number of carbonyl (C=O) groups is 1. The highest BCUT2D eigenvalue weighted by Gasteiger charge is 2.27. The molecule has 24 heavy (non-hydrogen) atoms. The molecule has 0 saturated carbocycles. The molecule has 0 spiro atoms. The van der Waals surface area contributed by atoms with Crippen LogP contribution in [0, 0.1) is 13.8 Å². The second kappa shape index (κ2) is 7.49. The molecular formula is C18H24N4O2. The van der Waals surface area contributed by atoms with Gasteiger partial charge in [0.2, 0.25) is 5.91 Å². The number of aromatic nitrogens is 2. The minimum absolute atomic E-state index is 0.00536. The molecule has 0 aliphatic carbocycles. The van der Waals surface area contributed by atoms with Crippen LogP contribution in [-0.4, -0.2) is 46.7 Å². The maximum atomic E-state index is 12.4. The molecule has 0 bridgehead atoms. The summed E-state index contributed by atoms with van der Waals surface area (Å²) in [5.74, 6) is 0.868. The van der Waals surface area contributed by atoms with E-state index in [0.717, 1.165) is 42.2 Å². The summed E-state index contributed by atoms with van der Waals surface area (Å²) in [5.41, 5.74) is 2.48. The van der Waals surface area contributed by atoms with Crippen LogP contribution in [0.25, 0.3) is 0 Å². The van der Waals surface area contributed by atoms with Crippen molar-refractivity contribution in [2.24, 2.45) is 0 Å². The van der Waals surface area contributed by atoms with Crippen molar-refractivity contribution in [1.82, 2.24) is 15.1 Å². The molecule has 0 radical (unpaired) electrons. The quantitative estimate of drug-likeness (QED) is 0.855. The number of carbonyl (C=O) groups excluding carboxylic acids is 1. The summed E-state index contributed by atoms with van der Waals surface area (Å²) in [6.45, 7) is 5.71. The molecule has 1 amide bonds. The van der Waals surface area contributed by atoms with Gasteiger partial charge in [-0.15, -0.1) is 0 Å². The lowest BCUT2D eigenvalue weighted by atomic mass is 10.2. The predicted octanol–water partition coefficient (Wildman–Crippen LogP) is 2.51. The molecule has 2 N–H and O–H groups in total. The fraction of sp³-hybridized carbons (Fsp3) is 0.444. The van der Waals surface area contributed by atoms with Crippen LogP contribution in [0.15, 0.2) is 30.3 Å². The SMILES string of the molecule is Cc1n[nH]c(C)c1NC(=O)CN1CCC[C@@H]1COc1ccccc1. The van der Waals surface area contributed by atoms with E-state index >= 15 is 0 Å². The van der Waals surface area contributed by atoms with Gasteiger partial charge in [-0.25, -0.2) is 0 Å². The number of rotatable bonds is 6. The highest BCUT2D eigenvalue weighted by Crippen LogP contribution is 2.20. The van der Waals surface area contributed by atoms with Crippen molar-refractivity contribution in [2.45, 2.75) is 32.7 Å².